The highest BCUT2D eigenvalue weighted by atomic mass is 16.5. The van der Waals surface area contributed by atoms with Crippen LogP contribution in [0.2, 0.25) is 0 Å². The first kappa shape index (κ1) is 25.6. The predicted molar refractivity (Wildman–Crippen MR) is 109 cm³/mol. The lowest BCUT2D eigenvalue weighted by molar-refractivity contribution is -0.144. The molecule has 0 aliphatic carbocycles. The molecule has 6 nitrogen and oxygen atoms in total. The number of aliphatic carboxylic acids is 1. The summed E-state index contributed by atoms with van der Waals surface area (Å²) in [5, 5.41) is 8.69. The van der Waals surface area contributed by atoms with Crippen LogP contribution < -0.4 is 0 Å². The van der Waals surface area contributed by atoms with Crippen LogP contribution in [0, 0.1) is 0 Å². The van der Waals surface area contributed by atoms with Gasteiger partial charge in [-0.25, -0.2) is 14.4 Å². The number of carbonyl (C=O) groups is 3. The number of unbranched alkanes of at least 4 members (excludes halogenated alkanes) is 4. The Morgan fingerprint density at radius 3 is 2.07 bits per heavy atom. The monoisotopic (exact) mass is 394 g/mol. The van der Waals surface area contributed by atoms with E-state index in [1.165, 1.54) is 12.8 Å². The summed E-state index contributed by atoms with van der Waals surface area (Å²) in [6.45, 7) is 14.7. The van der Waals surface area contributed by atoms with Crippen molar-refractivity contribution in [2.75, 3.05) is 6.61 Å². The highest BCUT2D eigenvalue weighted by Gasteiger charge is 2.16. The Morgan fingerprint density at radius 2 is 1.46 bits per heavy atom. The molecule has 0 bridgehead atoms. The zero-order chi connectivity index (χ0) is 21.5. The zero-order valence-corrected chi connectivity index (χ0v) is 17.3. The average molecular weight is 395 g/mol. The quantitative estimate of drug-likeness (QED) is 0.231. The molecule has 0 aliphatic heterocycles. The molecule has 0 rings (SSSR count). The van der Waals surface area contributed by atoms with Crippen molar-refractivity contribution in [1.29, 1.82) is 0 Å². The normalized spacial score (nSPS) is 11.4. The van der Waals surface area contributed by atoms with Crippen LogP contribution in [0.4, 0.5) is 0 Å². The molecule has 1 atom stereocenters. The number of carboxylic acids is 1. The molecule has 0 aromatic rings. The number of esters is 2. The Kier molecular flexibility index (Phi) is 13.4. The molecule has 0 fully saturated rings. The largest absolute Gasteiger partial charge is 0.478 e. The molecule has 158 valence electrons. The minimum absolute atomic E-state index is 0.0236. The van der Waals surface area contributed by atoms with E-state index in [2.05, 4.69) is 26.7 Å². The van der Waals surface area contributed by atoms with Crippen LogP contribution in [-0.4, -0.2) is 35.7 Å². The fourth-order valence-corrected chi connectivity index (χ4v) is 2.32. The molecule has 0 aromatic carbocycles. The van der Waals surface area contributed by atoms with Crippen molar-refractivity contribution < 1.29 is 29.0 Å². The molecule has 0 heterocycles. The summed E-state index contributed by atoms with van der Waals surface area (Å²) in [5.74, 6) is -2.11. The molecule has 0 saturated heterocycles. The second-order valence-corrected chi connectivity index (χ2v) is 6.92. The lowest BCUT2D eigenvalue weighted by Gasteiger charge is -2.15. The second kappa shape index (κ2) is 14.7. The predicted octanol–water partition coefficient (Wildman–Crippen LogP) is 4.75. The van der Waals surface area contributed by atoms with Gasteiger partial charge in [-0.15, -0.1) is 0 Å². The number of hydrogen-bond donors (Lipinski definition) is 1. The van der Waals surface area contributed by atoms with Crippen molar-refractivity contribution in [3.8, 4) is 0 Å². The Labute approximate surface area is 168 Å². The van der Waals surface area contributed by atoms with E-state index >= 15 is 0 Å². The molecular formula is C22H34O6. The number of ether oxygens (including phenoxy) is 2. The van der Waals surface area contributed by atoms with Gasteiger partial charge in [-0.3, -0.25) is 0 Å². The van der Waals surface area contributed by atoms with Crippen LogP contribution in [0.25, 0.3) is 0 Å². The summed E-state index contributed by atoms with van der Waals surface area (Å²) in [5.41, 5.74) is 0.698. The SMILES string of the molecule is C=C(CCOC(=O)C(=C)CCC(C)OC(=O)C(=C)CCCCCCC)C(=O)O. The minimum atomic E-state index is -1.12. The molecule has 0 aromatic heterocycles. The summed E-state index contributed by atoms with van der Waals surface area (Å²) in [6.07, 6.45) is 6.63. The molecule has 1 N–H and O–H groups in total. The molecule has 6 heteroatoms. The van der Waals surface area contributed by atoms with Gasteiger partial charge in [-0.05, 0) is 32.6 Å². The fraction of sp³-hybridized carbons (Fsp3) is 0.591. The van der Waals surface area contributed by atoms with Crippen LogP contribution >= 0.6 is 0 Å². The smallest absolute Gasteiger partial charge is 0.333 e. The van der Waals surface area contributed by atoms with Gasteiger partial charge in [0, 0.05) is 23.1 Å². The van der Waals surface area contributed by atoms with Gasteiger partial charge in [-0.1, -0.05) is 52.3 Å². The highest BCUT2D eigenvalue weighted by Crippen LogP contribution is 2.15. The lowest BCUT2D eigenvalue weighted by Crippen LogP contribution is -2.17. The maximum Gasteiger partial charge on any atom is 0.333 e. The number of carboxylic acid groups (broad SMARTS) is 1. The highest BCUT2D eigenvalue weighted by molar-refractivity contribution is 5.88. The number of rotatable bonds is 16. The molecule has 0 radical (unpaired) electrons. The van der Waals surface area contributed by atoms with Crippen molar-refractivity contribution >= 4 is 17.9 Å². The van der Waals surface area contributed by atoms with Gasteiger partial charge in [0.15, 0.2) is 0 Å². The van der Waals surface area contributed by atoms with Gasteiger partial charge in [0.05, 0.1) is 12.7 Å². The number of carbonyl (C=O) groups excluding carboxylic acids is 2. The summed E-state index contributed by atoms with van der Waals surface area (Å²) in [7, 11) is 0. The van der Waals surface area contributed by atoms with Crippen LogP contribution in [0.1, 0.15) is 71.6 Å². The van der Waals surface area contributed by atoms with Gasteiger partial charge in [0.2, 0.25) is 0 Å². The van der Waals surface area contributed by atoms with E-state index in [9.17, 15) is 14.4 Å². The van der Waals surface area contributed by atoms with Gasteiger partial charge in [-0.2, -0.15) is 0 Å². The maximum absolute atomic E-state index is 12.0. The van der Waals surface area contributed by atoms with Crippen LogP contribution in [-0.2, 0) is 23.9 Å². The average Bonchev–Trinajstić information content (AvgIpc) is 2.65. The molecule has 0 amide bonds. The Hall–Kier alpha value is -2.37. The summed E-state index contributed by atoms with van der Waals surface area (Å²) < 4.78 is 10.3. The zero-order valence-electron chi connectivity index (χ0n) is 17.3. The van der Waals surface area contributed by atoms with Gasteiger partial charge in [0.25, 0.3) is 0 Å². The molecule has 1 unspecified atom stereocenters. The van der Waals surface area contributed by atoms with E-state index < -0.39 is 17.9 Å². The van der Waals surface area contributed by atoms with Crippen molar-refractivity contribution in [2.45, 2.75) is 77.7 Å². The first-order valence-electron chi connectivity index (χ1n) is 9.83. The third-order valence-corrected chi connectivity index (χ3v) is 4.26. The third kappa shape index (κ3) is 12.1. The Balaban J connectivity index is 4.03. The van der Waals surface area contributed by atoms with Crippen molar-refractivity contribution in [3.05, 3.63) is 36.5 Å². The van der Waals surface area contributed by atoms with Gasteiger partial charge < -0.3 is 14.6 Å². The van der Waals surface area contributed by atoms with E-state index in [0.717, 1.165) is 19.3 Å². The lowest BCUT2D eigenvalue weighted by atomic mass is 10.1. The molecule has 0 saturated carbocycles. The fourth-order valence-electron chi connectivity index (χ4n) is 2.32. The summed E-state index contributed by atoms with van der Waals surface area (Å²) in [4.78, 5) is 34.4. The summed E-state index contributed by atoms with van der Waals surface area (Å²) in [6, 6.07) is 0. The van der Waals surface area contributed by atoms with E-state index in [-0.39, 0.29) is 30.3 Å². The minimum Gasteiger partial charge on any atom is -0.478 e. The molecule has 28 heavy (non-hydrogen) atoms. The van der Waals surface area contributed by atoms with E-state index in [1.54, 1.807) is 6.92 Å². The summed E-state index contributed by atoms with van der Waals surface area (Å²) >= 11 is 0. The first-order chi connectivity index (χ1) is 13.2. The Bertz CT molecular complexity index is 576. The topological polar surface area (TPSA) is 89.9 Å². The number of hydrogen-bond acceptors (Lipinski definition) is 5. The van der Waals surface area contributed by atoms with E-state index in [1.807, 2.05) is 0 Å². The van der Waals surface area contributed by atoms with Crippen molar-refractivity contribution in [1.82, 2.24) is 0 Å². The molecule has 0 spiro atoms. The van der Waals surface area contributed by atoms with E-state index in [4.69, 9.17) is 14.6 Å². The second-order valence-electron chi connectivity index (χ2n) is 6.92. The van der Waals surface area contributed by atoms with E-state index in [0.29, 0.717) is 24.8 Å². The standard InChI is InChI=1S/C22H34O6/c1-6-7-8-9-10-11-17(3)22(26)28-19(5)13-12-18(4)21(25)27-15-14-16(2)20(23)24/h19H,2-4,6-15H2,1,5H3,(H,23,24). The van der Waals surface area contributed by atoms with Gasteiger partial charge >= 0.3 is 17.9 Å². The third-order valence-electron chi connectivity index (χ3n) is 4.26. The van der Waals surface area contributed by atoms with Gasteiger partial charge in [0.1, 0.15) is 0 Å². The molecule has 0 aliphatic rings. The molecular weight excluding hydrogens is 360 g/mol. The maximum atomic E-state index is 12.0. The van der Waals surface area contributed by atoms with Crippen LogP contribution in [0.5, 0.6) is 0 Å². The van der Waals surface area contributed by atoms with Crippen molar-refractivity contribution in [2.24, 2.45) is 0 Å². The Morgan fingerprint density at radius 1 is 0.857 bits per heavy atom. The first-order valence-corrected chi connectivity index (χ1v) is 9.83. The van der Waals surface area contributed by atoms with Crippen molar-refractivity contribution in [3.63, 3.8) is 0 Å². The van der Waals surface area contributed by atoms with Crippen LogP contribution in [0.15, 0.2) is 36.5 Å². The van der Waals surface area contributed by atoms with Crippen LogP contribution in [0.3, 0.4) is 0 Å².